The van der Waals surface area contributed by atoms with Gasteiger partial charge in [-0.1, -0.05) is 18.5 Å². The van der Waals surface area contributed by atoms with Gasteiger partial charge in [-0.3, -0.25) is 0 Å². The maximum atomic E-state index is 10.9. The van der Waals surface area contributed by atoms with Gasteiger partial charge in [-0.25, -0.2) is 9.78 Å². The van der Waals surface area contributed by atoms with Crippen LogP contribution in [-0.4, -0.2) is 34.1 Å². The Kier molecular flexibility index (Phi) is 5.58. The van der Waals surface area contributed by atoms with Crippen LogP contribution < -0.4 is 5.32 Å². The molecule has 4 nitrogen and oxygen atoms in total. The molecule has 1 heterocycles. The van der Waals surface area contributed by atoms with E-state index in [1.165, 1.54) is 0 Å². The standard InChI is InChI=1S/C11H15ClN2O2S/c1-3-7(6-17-2)13-9-5-4-8(12)10(14-9)11(15)16/h4-5,7H,3,6H2,1-2H3,(H,13,14)(H,15,16). The van der Waals surface area contributed by atoms with Crippen LogP contribution in [0.1, 0.15) is 23.8 Å². The Morgan fingerprint density at radius 2 is 2.35 bits per heavy atom. The molecule has 0 fully saturated rings. The lowest BCUT2D eigenvalue weighted by molar-refractivity contribution is 0.0691. The topological polar surface area (TPSA) is 62.2 Å². The number of anilines is 1. The number of nitrogens with one attached hydrogen (secondary N) is 1. The van der Waals surface area contributed by atoms with Gasteiger partial charge < -0.3 is 10.4 Å². The fourth-order valence-corrected chi connectivity index (χ4v) is 2.25. The molecule has 1 rings (SSSR count). The Labute approximate surface area is 110 Å². The minimum absolute atomic E-state index is 0.115. The molecular formula is C11H15ClN2O2S. The zero-order chi connectivity index (χ0) is 12.8. The third-order valence-corrected chi connectivity index (χ3v) is 3.30. The predicted molar refractivity (Wildman–Crippen MR) is 72.3 cm³/mol. The van der Waals surface area contributed by atoms with E-state index in [1.807, 2.05) is 6.26 Å². The molecule has 1 aromatic heterocycles. The zero-order valence-corrected chi connectivity index (χ0v) is 11.3. The number of pyridine rings is 1. The minimum atomic E-state index is -1.11. The van der Waals surface area contributed by atoms with Gasteiger partial charge in [0.1, 0.15) is 5.82 Å². The van der Waals surface area contributed by atoms with Gasteiger partial charge in [0, 0.05) is 11.8 Å². The number of nitrogens with zero attached hydrogens (tertiary/aromatic N) is 1. The van der Waals surface area contributed by atoms with Crippen molar-refractivity contribution >= 4 is 35.1 Å². The summed E-state index contributed by atoms with van der Waals surface area (Å²) in [4.78, 5) is 14.9. The largest absolute Gasteiger partial charge is 0.476 e. The summed E-state index contributed by atoms with van der Waals surface area (Å²) in [5, 5.41) is 12.3. The highest BCUT2D eigenvalue weighted by atomic mass is 35.5. The van der Waals surface area contributed by atoms with Crippen molar-refractivity contribution < 1.29 is 9.90 Å². The van der Waals surface area contributed by atoms with Crippen molar-refractivity contribution in [2.45, 2.75) is 19.4 Å². The molecule has 1 unspecified atom stereocenters. The summed E-state index contributed by atoms with van der Waals surface area (Å²) < 4.78 is 0. The summed E-state index contributed by atoms with van der Waals surface area (Å²) in [6, 6.07) is 3.52. The number of aromatic nitrogens is 1. The Morgan fingerprint density at radius 1 is 1.65 bits per heavy atom. The molecule has 2 N–H and O–H groups in total. The lowest BCUT2D eigenvalue weighted by atomic mass is 10.2. The van der Waals surface area contributed by atoms with Crippen LogP contribution in [0.2, 0.25) is 5.02 Å². The van der Waals surface area contributed by atoms with Crippen molar-refractivity contribution in [3.05, 3.63) is 22.8 Å². The number of rotatable bonds is 6. The second-order valence-electron chi connectivity index (χ2n) is 3.54. The van der Waals surface area contributed by atoms with E-state index in [-0.39, 0.29) is 16.8 Å². The molecular weight excluding hydrogens is 260 g/mol. The second-order valence-corrected chi connectivity index (χ2v) is 4.85. The van der Waals surface area contributed by atoms with Crippen LogP contribution >= 0.6 is 23.4 Å². The van der Waals surface area contributed by atoms with Gasteiger partial charge in [-0.05, 0) is 24.8 Å². The van der Waals surface area contributed by atoms with Gasteiger partial charge >= 0.3 is 5.97 Å². The fourth-order valence-electron chi connectivity index (χ4n) is 1.34. The van der Waals surface area contributed by atoms with Crippen LogP contribution in [0.3, 0.4) is 0 Å². The van der Waals surface area contributed by atoms with E-state index in [0.717, 1.165) is 12.2 Å². The summed E-state index contributed by atoms with van der Waals surface area (Å²) in [6.07, 6.45) is 2.98. The van der Waals surface area contributed by atoms with Crippen LogP contribution in [0.5, 0.6) is 0 Å². The van der Waals surface area contributed by atoms with E-state index in [1.54, 1.807) is 23.9 Å². The average molecular weight is 275 g/mol. The zero-order valence-electron chi connectivity index (χ0n) is 9.74. The first-order valence-corrected chi connectivity index (χ1v) is 7.01. The molecule has 0 amide bonds. The van der Waals surface area contributed by atoms with E-state index < -0.39 is 5.97 Å². The summed E-state index contributed by atoms with van der Waals surface area (Å²) >= 11 is 7.48. The first kappa shape index (κ1) is 14.1. The van der Waals surface area contributed by atoms with E-state index in [4.69, 9.17) is 16.7 Å². The second kappa shape index (κ2) is 6.71. The van der Waals surface area contributed by atoms with Crippen molar-refractivity contribution in [1.29, 1.82) is 0 Å². The van der Waals surface area contributed by atoms with Crippen molar-refractivity contribution in [3.63, 3.8) is 0 Å². The highest BCUT2D eigenvalue weighted by Crippen LogP contribution is 2.18. The molecule has 0 aliphatic heterocycles. The molecule has 17 heavy (non-hydrogen) atoms. The Balaban J connectivity index is 2.84. The number of halogens is 1. The number of aromatic carboxylic acids is 1. The smallest absolute Gasteiger partial charge is 0.356 e. The molecule has 0 aliphatic rings. The molecule has 94 valence electrons. The molecule has 0 saturated heterocycles. The van der Waals surface area contributed by atoms with Crippen LogP contribution in [0.15, 0.2) is 12.1 Å². The molecule has 0 radical (unpaired) electrons. The average Bonchev–Trinajstić information content (AvgIpc) is 2.30. The van der Waals surface area contributed by atoms with Crippen LogP contribution in [0.25, 0.3) is 0 Å². The lowest BCUT2D eigenvalue weighted by Crippen LogP contribution is -2.22. The van der Waals surface area contributed by atoms with E-state index in [9.17, 15) is 4.79 Å². The quantitative estimate of drug-likeness (QED) is 0.835. The third kappa shape index (κ3) is 4.09. The van der Waals surface area contributed by atoms with Crippen molar-refractivity contribution in [1.82, 2.24) is 4.98 Å². The monoisotopic (exact) mass is 274 g/mol. The molecule has 0 spiro atoms. The Bertz CT molecular complexity index is 401. The van der Waals surface area contributed by atoms with Gasteiger partial charge in [0.15, 0.2) is 5.69 Å². The van der Waals surface area contributed by atoms with E-state index >= 15 is 0 Å². The maximum absolute atomic E-state index is 10.9. The number of thioether (sulfide) groups is 1. The lowest BCUT2D eigenvalue weighted by Gasteiger charge is -2.16. The van der Waals surface area contributed by atoms with Gasteiger partial charge in [-0.15, -0.1) is 0 Å². The van der Waals surface area contributed by atoms with Crippen LogP contribution in [0.4, 0.5) is 5.82 Å². The Hall–Kier alpha value is -0.940. The normalized spacial score (nSPS) is 12.2. The molecule has 1 atom stereocenters. The predicted octanol–water partition coefficient (Wildman–Crippen LogP) is 2.99. The van der Waals surface area contributed by atoms with Crippen LogP contribution in [-0.2, 0) is 0 Å². The fraction of sp³-hybridized carbons (Fsp3) is 0.455. The number of hydrogen-bond acceptors (Lipinski definition) is 4. The van der Waals surface area contributed by atoms with Gasteiger partial charge in [-0.2, -0.15) is 11.8 Å². The van der Waals surface area contributed by atoms with E-state index in [0.29, 0.717) is 5.82 Å². The first-order valence-electron chi connectivity index (χ1n) is 5.23. The summed E-state index contributed by atoms with van der Waals surface area (Å²) in [7, 11) is 0. The molecule has 0 saturated carbocycles. The van der Waals surface area contributed by atoms with Gasteiger partial charge in [0.05, 0.1) is 5.02 Å². The molecule has 6 heteroatoms. The van der Waals surface area contributed by atoms with Crippen LogP contribution in [0, 0.1) is 0 Å². The number of carboxylic acids is 1. The Morgan fingerprint density at radius 3 is 2.88 bits per heavy atom. The molecule has 0 bridgehead atoms. The maximum Gasteiger partial charge on any atom is 0.356 e. The summed E-state index contributed by atoms with van der Waals surface area (Å²) in [6.45, 7) is 2.07. The third-order valence-electron chi connectivity index (χ3n) is 2.26. The highest BCUT2D eigenvalue weighted by molar-refractivity contribution is 7.98. The minimum Gasteiger partial charge on any atom is -0.476 e. The number of carbonyl (C=O) groups is 1. The SMILES string of the molecule is CCC(CSC)Nc1ccc(Cl)c(C(=O)O)n1. The molecule has 0 aromatic carbocycles. The molecule has 1 aromatic rings. The van der Waals surface area contributed by atoms with Crippen molar-refractivity contribution in [3.8, 4) is 0 Å². The van der Waals surface area contributed by atoms with Gasteiger partial charge in [0.2, 0.25) is 0 Å². The first-order chi connectivity index (χ1) is 8.08. The number of hydrogen-bond donors (Lipinski definition) is 2. The van der Waals surface area contributed by atoms with Crippen molar-refractivity contribution in [2.75, 3.05) is 17.3 Å². The summed E-state index contributed by atoms with van der Waals surface area (Å²) in [5.74, 6) is 0.382. The highest BCUT2D eigenvalue weighted by Gasteiger charge is 2.13. The number of carboxylic acid groups (broad SMARTS) is 1. The summed E-state index contributed by atoms with van der Waals surface area (Å²) in [5.41, 5.74) is -0.115. The van der Waals surface area contributed by atoms with E-state index in [2.05, 4.69) is 17.2 Å². The molecule has 0 aliphatic carbocycles. The van der Waals surface area contributed by atoms with Gasteiger partial charge in [0.25, 0.3) is 0 Å². The van der Waals surface area contributed by atoms with Crippen molar-refractivity contribution in [2.24, 2.45) is 0 Å².